The van der Waals surface area contributed by atoms with Crippen molar-refractivity contribution in [3.8, 4) is 0 Å². The Morgan fingerprint density at radius 1 is 1.50 bits per heavy atom. The first-order valence-corrected chi connectivity index (χ1v) is 8.51. The van der Waals surface area contributed by atoms with Crippen molar-refractivity contribution >= 4 is 21.6 Å². The maximum atomic E-state index is 11.9. The van der Waals surface area contributed by atoms with Gasteiger partial charge in [0.15, 0.2) is 0 Å². The molecule has 1 aromatic rings. The molecule has 0 radical (unpaired) electrons. The van der Waals surface area contributed by atoms with E-state index in [0.29, 0.717) is 10.4 Å². The molecule has 1 aliphatic heterocycles. The van der Waals surface area contributed by atoms with E-state index in [4.69, 9.17) is 0 Å². The van der Waals surface area contributed by atoms with E-state index in [2.05, 4.69) is 30.8 Å². The molecule has 1 atom stereocenters. The van der Waals surface area contributed by atoms with Gasteiger partial charge in [-0.15, -0.1) is 0 Å². The third-order valence-corrected chi connectivity index (χ3v) is 4.98. The summed E-state index contributed by atoms with van der Waals surface area (Å²) in [5, 5.41) is 13.5. The highest BCUT2D eigenvalue weighted by Crippen LogP contribution is 2.24. The van der Waals surface area contributed by atoms with Crippen LogP contribution in [0.4, 0.5) is 5.69 Å². The van der Waals surface area contributed by atoms with Crippen molar-refractivity contribution in [2.75, 3.05) is 38.1 Å². The van der Waals surface area contributed by atoms with Crippen molar-refractivity contribution in [3.05, 3.63) is 21.0 Å². The number of aryl methyl sites for hydroxylation is 1. The number of β-amino-alcohol motifs (C(OH)–C–C–N with tert-alkyl or cyclic N) is 1. The standard InChI is InChI=1S/C15H25BrN4O2/c1-11(21)9-20-6-4-12(5-7-20)10-18(2)13-8-17-19(3)15(22)14(13)16/h8,11-12,21H,4-7,9-10H2,1-3H3. The van der Waals surface area contributed by atoms with Gasteiger partial charge >= 0.3 is 0 Å². The predicted octanol–water partition coefficient (Wildman–Crippen LogP) is 1.07. The van der Waals surface area contributed by atoms with Crippen LogP contribution < -0.4 is 10.5 Å². The van der Waals surface area contributed by atoms with E-state index in [0.717, 1.165) is 44.7 Å². The largest absolute Gasteiger partial charge is 0.392 e. The molecule has 1 unspecified atom stereocenters. The second-order valence-electron chi connectivity index (χ2n) is 6.25. The van der Waals surface area contributed by atoms with Crippen LogP contribution >= 0.6 is 15.9 Å². The number of rotatable bonds is 5. The summed E-state index contributed by atoms with van der Waals surface area (Å²) in [5.41, 5.74) is 0.727. The smallest absolute Gasteiger partial charge is 0.282 e. The summed E-state index contributed by atoms with van der Waals surface area (Å²) in [6.45, 7) is 5.56. The van der Waals surface area contributed by atoms with E-state index in [1.807, 2.05) is 14.0 Å². The zero-order valence-corrected chi connectivity index (χ0v) is 15.1. The van der Waals surface area contributed by atoms with Crippen molar-refractivity contribution in [2.45, 2.75) is 25.9 Å². The van der Waals surface area contributed by atoms with Gasteiger partial charge in [0.1, 0.15) is 4.47 Å². The van der Waals surface area contributed by atoms with Gasteiger partial charge < -0.3 is 14.9 Å². The van der Waals surface area contributed by atoms with Crippen molar-refractivity contribution in [1.82, 2.24) is 14.7 Å². The number of piperidine rings is 1. The number of likely N-dealkylation sites (tertiary alicyclic amines) is 1. The number of nitrogens with zero attached hydrogens (tertiary/aromatic N) is 4. The SMILES string of the molecule is CC(O)CN1CCC(CN(C)c2cnn(C)c(=O)c2Br)CC1. The van der Waals surface area contributed by atoms with E-state index in [-0.39, 0.29) is 11.7 Å². The molecular formula is C15H25BrN4O2. The monoisotopic (exact) mass is 372 g/mol. The molecule has 2 rings (SSSR count). The molecule has 124 valence electrons. The highest BCUT2D eigenvalue weighted by atomic mass is 79.9. The number of halogens is 1. The van der Waals surface area contributed by atoms with E-state index in [1.54, 1.807) is 13.2 Å². The number of aliphatic hydroxyl groups excluding tert-OH is 1. The molecule has 2 heterocycles. The highest BCUT2D eigenvalue weighted by molar-refractivity contribution is 9.10. The molecule has 7 heteroatoms. The Labute approximate surface area is 139 Å². The Hall–Kier alpha value is -0.920. The zero-order chi connectivity index (χ0) is 16.3. The fraction of sp³-hybridized carbons (Fsp3) is 0.733. The van der Waals surface area contributed by atoms with E-state index in [9.17, 15) is 9.90 Å². The molecule has 0 amide bonds. The second kappa shape index (κ2) is 7.57. The zero-order valence-electron chi connectivity index (χ0n) is 13.5. The van der Waals surface area contributed by atoms with Crippen LogP contribution in [-0.2, 0) is 7.05 Å². The van der Waals surface area contributed by atoms with Crippen LogP contribution in [0.15, 0.2) is 15.5 Å². The van der Waals surface area contributed by atoms with Crippen LogP contribution in [0, 0.1) is 5.92 Å². The highest BCUT2D eigenvalue weighted by Gasteiger charge is 2.22. The van der Waals surface area contributed by atoms with E-state index < -0.39 is 0 Å². The third kappa shape index (κ3) is 4.30. The molecule has 22 heavy (non-hydrogen) atoms. The van der Waals surface area contributed by atoms with Gasteiger partial charge in [0, 0.05) is 27.2 Å². The summed E-state index contributed by atoms with van der Waals surface area (Å²) in [4.78, 5) is 16.3. The number of aromatic nitrogens is 2. The Morgan fingerprint density at radius 3 is 2.73 bits per heavy atom. The minimum absolute atomic E-state index is 0.115. The molecule has 1 aliphatic rings. The minimum atomic E-state index is -0.262. The first-order valence-electron chi connectivity index (χ1n) is 7.72. The van der Waals surface area contributed by atoms with Crippen molar-refractivity contribution in [3.63, 3.8) is 0 Å². The van der Waals surface area contributed by atoms with Crippen LogP contribution in [0.5, 0.6) is 0 Å². The van der Waals surface area contributed by atoms with Gasteiger partial charge in [-0.25, -0.2) is 4.68 Å². The summed E-state index contributed by atoms with van der Waals surface area (Å²) in [5.74, 6) is 0.603. The minimum Gasteiger partial charge on any atom is -0.392 e. The lowest BCUT2D eigenvalue weighted by Crippen LogP contribution is -2.41. The molecule has 1 aromatic heterocycles. The predicted molar refractivity (Wildman–Crippen MR) is 91.3 cm³/mol. The summed E-state index contributed by atoms with van der Waals surface area (Å²) in [6.07, 6.45) is 3.70. The third-order valence-electron chi connectivity index (χ3n) is 4.23. The molecule has 1 N–H and O–H groups in total. The van der Waals surface area contributed by atoms with Crippen molar-refractivity contribution < 1.29 is 5.11 Å². The number of hydrogen-bond acceptors (Lipinski definition) is 5. The van der Waals surface area contributed by atoms with Gasteiger partial charge in [0.2, 0.25) is 0 Å². The molecule has 0 spiro atoms. The molecule has 0 aromatic carbocycles. The summed E-state index contributed by atoms with van der Waals surface area (Å²) in [7, 11) is 3.65. The van der Waals surface area contributed by atoms with Crippen LogP contribution in [0.2, 0.25) is 0 Å². The topological polar surface area (TPSA) is 61.6 Å². The quantitative estimate of drug-likeness (QED) is 0.837. The van der Waals surface area contributed by atoms with Crippen molar-refractivity contribution in [1.29, 1.82) is 0 Å². The van der Waals surface area contributed by atoms with Gasteiger partial charge in [0.25, 0.3) is 5.56 Å². The first-order chi connectivity index (χ1) is 10.4. The van der Waals surface area contributed by atoms with Gasteiger partial charge in [-0.2, -0.15) is 5.10 Å². The van der Waals surface area contributed by atoms with Gasteiger partial charge in [-0.1, -0.05) is 0 Å². The summed E-state index contributed by atoms with van der Waals surface area (Å²) < 4.78 is 1.90. The van der Waals surface area contributed by atoms with E-state index >= 15 is 0 Å². The van der Waals surface area contributed by atoms with E-state index in [1.165, 1.54) is 4.68 Å². The lowest BCUT2D eigenvalue weighted by Gasteiger charge is -2.35. The van der Waals surface area contributed by atoms with Gasteiger partial charge in [-0.3, -0.25) is 4.79 Å². The molecule has 1 fully saturated rings. The average Bonchev–Trinajstić information content (AvgIpc) is 2.46. The van der Waals surface area contributed by atoms with Crippen LogP contribution in [0.25, 0.3) is 0 Å². The maximum absolute atomic E-state index is 11.9. The molecular weight excluding hydrogens is 348 g/mol. The number of hydrogen-bond donors (Lipinski definition) is 1. The van der Waals surface area contributed by atoms with Crippen molar-refractivity contribution in [2.24, 2.45) is 13.0 Å². The fourth-order valence-corrected chi connectivity index (χ4v) is 3.64. The van der Waals surface area contributed by atoms with Crippen LogP contribution in [-0.4, -0.2) is 59.1 Å². The molecule has 0 aliphatic carbocycles. The first kappa shape index (κ1) is 17.4. The van der Waals surface area contributed by atoms with Crippen LogP contribution in [0.1, 0.15) is 19.8 Å². The second-order valence-corrected chi connectivity index (χ2v) is 7.04. The summed E-state index contributed by atoms with van der Waals surface area (Å²) >= 11 is 3.38. The molecule has 0 saturated carbocycles. The Morgan fingerprint density at radius 2 is 2.14 bits per heavy atom. The molecule has 1 saturated heterocycles. The van der Waals surface area contributed by atoms with Gasteiger partial charge in [-0.05, 0) is 54.7 Å². The molecule has 6 nitrogen and oxygen atoms in total. The van der Waals surface area contributed by atoms with Crippen LogP contribution in [0.3, 0.4) is 0 Å². The lowest BCUT2D eigenvalue weighted by atomic mass is 9.96. The molecule has 0 bridgehead atoms. The van der Waals surface area contributed by atoms with Gasteiger partial charge in [0.05, 0.1) is 18.0 Å². The fourth-order valence-electron chi connectivity index (χ4n) is 2.98. The Balaban J connectivity index is 1.92. The average molecular weight is 373 g/mol. The number of anilines is 1. The Bertz CT molecular complexity index is 553. The number of aliphatic hydroxyl groups is 1. The normalized spacial score (nSPS) is 18.4. The maximum Gasteiger partial charge on any atom is 0.282 e. The Kier molecular flexibility index (Phi) is 6.00. The summed E-state index contributed by atoms with van der Waals surface area (Å²) in [6, 6.07) is 0. The lowest BCUT2D eigenvalue weighted by molar-refractivity contribution is 0.101.